The lowest BCUT2D eigenvalue weighted by Gasteiger charge is -2.31. The van der Waals surface area contributed by atoms with Crippen molar-refractivity contribution in [3.05, 3.63) is 0 Å². The Labute approximate surface area is 176 Å². The number of rotatable bonds is 14. The molecule has 11 nitrogen and oxygen atoms in total. The van der Waals surface area contributed by atoms with Gasteiger partial charge in [-0.1, -0.05) is 19.8 Å². The van der Waals surface area contributed by atoms with Gasteiger partial charge in [-0.3, -0.25) is 19.4 Å². The molecule has 0 spiro atoms. The minimum atomic E-state index is -1.94. The number of halogens is 1. The van der Waals surface area contributed by atoms with Crippen molar-refractivity contribution in [2.24, 2.45) is 27.9 Å². The van der Waals surface area contributed by atoms with E-state index in [9.17, 15) is 19.2 Å². The highest BCUT2D eigenvalue weighted by atomic mass is 35.5. The molecule has 0 aliphatic carbocycles. The molecule has 9 N–H and O–H groups in total. The van der Waals surface area contributed by atoms with Crippen molar-refractivity contribution in [1.29, 1.82) is 0 Å². The lowest BCUT2D eigenvalue weighted by molar-refractivity contribution is -0.156. The van der Waals surface area contributed by atoms with Crippen molar-refractivity contribution < 1.29 is 23.9 Å². The Hall–Kier alpha value is -2.40. The van der Waals surface area contributed by atoms with Crippen molar-refractivity contribution in [2.75, 3.05) is 13.7 Å². The number of nitrogens with two attached hydrogens (primary N) is 4. The summed E-state index contributed by atoms with van der Waals surface area (Å²) >= 11 is 0. The van der Waals surface area contributed by atoms with Gasteiger partial charge in [-0.2, -0.15) is 0 Å². The van der Waals surface area contributed by atoms with Gasteiger partial charge in [0.25, 0.3) is 0 Å². The Kier molecular flexibility index (Phi) is 14.5. The molecule has 0 rings (SSSR count). The number of carbonyl (C=O) groups excluding carboxylic acids is 4. The molecule has 0 bridgehead atoms. The van der Waals surface area contributed by atoms with E-state index in [1.165, 1.54) is 0 Å². The van der Waals surface area contributed by atoms with Crippen LogP contribution in [0.3, 0.4) is 0 Å². The first kappa shape index (κ1) is 28.8. The zero-order valence-corrected chi connectivity index (χ0v) is 17.8. The van der Waals surface area contributed by atoms with E-state index in [4.69, 9.17) is 27.7 Å². The van der Waals surface area contributed by atoms with Crippen molar-refractivity contribution in [1.82, 2.24) is 5.32 Å². The molecule has 0 aromatic carbocycles. The number of hydrogen-bond donors (Lipinski definition) is 5. The average molecular weight is 437 g/mol. The second-order valence-corrected chi connectivity index (χ2v) is 6.45. The summed E-state index contributed by atoms with van der Waals surface area (Å²) in [6.45, 7) is 2.12. The number of ether oxygens (including phenoxy) is 1. The average Bonchev–Trinajstić information content (AvgIpc) is 2.62. The SMILES string of the molecule is CCCCCC(=O)[C@@](CCCN=C(N)N)(NC(=O)[C@@H](N)CC(N)=O)C(=O)OC.Cl. The molecule has 0 aliphatic heterocycles. The number of nitrogens with one attached hydrogen (secondary N) is 1. The molecule has 29 heavy (non-hydrogen) atoms. The number of methoxy groups -OCH3 is 1. The van der Waals surface area contributed by atoms with Crippen LogP contribution >= 0.6 is 12.4 Å². The third-order valence-electron chi connectivity index (χ3n) is 4.12. The number of guanidine groups is 1. The Bertz CT molecular complexity index is 597. The highest BCUT2D eigenvalue weighted by molar-refractivity contribution is 6.11. The Morgan fingerprint density at radius 1 is 1.10 bits per heavy atom. The van der Waals surface area contributed by atoms with Gasteiger partial charge in [0.1, 0.15) is 0 Å². The highest BCUT2D eigenvalue weighted by Gasteiger charge is 2.47. The van der Waals surface area contributed by atoms with E-state index in [2.05, 4.69) is 10.3 Å². The molecular formula is C17H33ClN6O5. The number of primary amides is 1. The number of amides is 2. The number of unbranched alkanes of at least 4 members (excludes halogenated alkanes) is 2. The monoisotopic (exact) mass is 436 g/mol. The lowest BCUT2D eigenvalue weighted by atomic mass is 9.85. The number of aliphatic imine (C=N–C) groups is 1. The summed E-state index contributed by atoms with van der Waals surface area (Å²) in [5.41, 5.74) is 19.3. The van der Waals surface area contributed by atoms with Gasteiger partial charge < -0.3 is 33.0 Å². The van der Waals surface area contributed by atoms with Crippen LogP contribution < -0.4 is 28.3 Å². The van der Waals surface area contributed by atoms with Crippen LogP contribution in [0.25, 0.3) is 0 Å². The molecule has 2 atom stereocenters. The molecule has 0 aliphatic rings. The van der Waals surface area contributed by atoms with Gasteiger partial charge in [0.05, 0.1) is 19.6 Å². The lowest BCUT2D eigenvalue weighted by Crippen LogP contribution is -2.63. The molecular weight excluding hydrogens is 404 g/mol. The fourth-order valence-corrected chi connectivity index (χ4v) is 2.63. The fourth-order valence-electron chi connectivity index (χ4n) is 2.63. The van der Waals surface area contributed by atoms with Gasteiger partial charge in [-0.05, 0) is 19.3 Å². The summed E-state index contributed by atoms with van der Waals surface area (Å²) in [5.74, 6) is -3.19. The summed E-state index contributed by atoms with van der Waals surface area (Å²) in [4.78, 5) is 52.7. The Balaban J connectivity index is 0. The van der Waals surface area contributed by atoms with Crippen molar-refractivity contribution >= 4 is 41.9 Å². The standard InChI is InChI=1S/C17H32N6O5.ClH/c1-3-4-5-7-12(24)17(15(27)28-2,8-6-9-22-16(20)21)23-14(26)11(18)10-13(19)25;/h11H,3-10,18H2,1-2H3,(H2,19,25)(H,23,26)(H4,20,21,22);1H/t11-,17+;/m0./s1. The van der Waals surface area contributed by atoms with Gasteiger partial charge in [-0.25, -0.2) is 4.79 Å². The summed E-state index contributed by atoms with van der Waals surface area (Å²) in [7, 11) is 1.11. The third kappa shape index (κ3) is 10.1. The molecule has 0 saturated heterocycles. The summed E-state index contributed by atoms with van der Waals surface area (Å²) in [5, 5.41) is 2.39. The summed E-state index contributed by atoms with van der Waals surface area (Å²) < 4.78 is 4.79. The minimum Gasteiger partial charge on any atom is -0.467 e. The van der Waals surface area contributed by atoms with Crippen LogP contribution in [0.4, 0.5) is 0 Å². The second-order valence-electron chi connectivity index (χ2n) is 6.45. The Morgan fingerprint density at radius 3 is 2.21 bits per heavy atom. The van der Waals surface area contributed by atoms with E-state index >= 15 is 0 Å². The molecule has 0 saturated carbocycles. The third-order valence-corrected chi connectivity index (χ3v) is 4.12. The van der Waals surface area contributed by atoms with E-state index in [0.29, 0.717) is 6.42 Å². The van der Waals surface area contributed by atoms with Crippen LogP contribution in [0.2, 0.25) is 0 Å². The van der Waals surface area contributed by atoms with Crippen LogP contribution in [0.5, 0.6) is 0 Å². The summed E-state index contributed by atoms with van der Waals surface area (Å²) in [6, 6.07) is -1.30. The van der Waals surface area contributed by atoms with Gasteiger partial charge in [-0.15, -0.1) is 12.4 Å². The highest BCUT2D eigenvalue weighted by Crippen LogP contribution is 2.21. The molecule has 0 radical (unpaired) electrons. The van der Waals surface area contributed by atoms with E-state index in [-0.39, 0.29) is 44.2 Å². The zero-order chi connectivity index (χ0) is 21.7. The molecule has 0 heterocycles. The second kappa shape index (κ2) is 14.6. The normalized spacial score (nSPS) is 13.2. The van der Waals surface area contributed by atoms with Crippen molar-refractivity contribution in [2.45, 2.75) is 63.5 Å². The van der Waals surface area contributed by atoms with Gasteiger partial charge in [0.2, 0.25) is 11.8 Å². The van der Waals surface area contributed by atoms with Crippen LogP contribution in [-0.2, 0) is 23.9 Å². The van der Waals surface area contributed by atoms with E-state index in [0.717, 1.165) is 20.0 Å². The van der Waals surface area contributed by atoms with Crippen LogP contribution in [0, 0.1) is 0 Å². The summed E-state index contributed by atoms with van der Waals surface area (Å²) in [6.07, 6.45) is 1.97. The largest absolute Gasteiger partial charge is 0.467 e. The maximum Gasteiger partial charge on any atom is 0.339 e. The molecule has 168 valence electrons. The van der Waals surface area contributed by atoms with E-state index in [1.807, 2.05) is 6.92 Å². The number of carbonyl (C=O) groups is 4. The first-order valence-corrected chi connectivity index (χ1v) is 9.13. The smallest absolute Gasteiger partial charge is 0.339 e. The molecule has 12 heteroatoms. The van der Waals surface area contributed by atoms with E-state index in [1.54, 1.807) is 0 Å². The van der Waals surface area contributed by atoms with Crippen LogP contribution in [-0.4, -0.2) is 54.8 Å². The minimum absolute atomic E-state index is 0. The van der Waals surface area contributed by atoms with Crippen LogP contribution in [0.1, 0.15) is 51.9 Å². The molecule has 0 fully saturated rings. The van der Waals surface area contributed by atoms with Crippen molar-refractivity contribution in [3.8, 4) is 0 Å². The zero-order valence-electron chi connectivity index (χ0n) is 16.9. The van der Waals surface area contributed by atoms with Gasteiger partial charge in [0, 0.05) is 13.0 Å². The van der Waals surface area contributed by atoms with Crippen molar-refractivity contribution in [3.63, 3.8) is 0 Å². The first-order chi connectivity index (χ1) is 13.1. The maximum absolute atomic E-state index is 12.9. The van der Waals surface area contributed by atoms with Gasteiger partial charge >= 0.3 is 5.97 Å². The fraction of sp³-hybridized carbons (Fsp3) is 0.706. The van der Waals surface area contributed by atoms with Crippen LogP contribution in [0.15, 0.2) is 4.99 Å². The molecule has 0 aromatic heterocycles. The topological polar surface area (TPSA) is 206 Å². The first-order valence-electron chi connectivity index (χ1n) is 9.13. The maximum atomic E-state index is 12.9. The number of esters is 1. The quantitative estimate of drug-likeness (QED) is 0.0735. The van der Waals surface area contributed by atoms with Gasteiger partial charge in [0.15, 0.2) is 17.3 Å². The number of nitrogens with zero attached hydrogens (tertiary/aromatic N) is 1. The predicted octanol–water partition coefficient (Wildman–Crippen LogP) is -1.16. The Morgan fingerprint density at radius 2 is 1.72 bits per heavy atom. The molecule has 2 amide bonds. The predicted molar refractivity (Wildman–Crippen MR) is 111 cm³/mol. The van der Waals surface area contributed by atoms with E-state index < -0.39 is 41.6 Å². The number of ketones is 1. The number of Topliss-reactive ketones (excluding diaryl/α,β-unsaturated/α-hetero) is 1. The number of hydrogen-bond acceptors (Lipinski definition) is 7. The molecule has 0 aromatic rings. The molecule has 0 unspecified atom stereocenters.